The maximum atomic E-state index is 11.9. The van der Waals surface area contributed by atoms with E-state index >= 15 is 0 Å². The minimum absolute atomic E-state index is 0.0692. The third-order valence-corrected chi connectivity index (χ3v) is 3.83. The van der Waals surface area contributed by atoms with E-state index in [2.05, 4.69) is 17.3 Å². The number of carbonyl (C=O) groups is 1. The van der Waals surface area contributed by atoms with Gasteiger partial charge in [-0.3, -0.25) is 4.79 Å². The summed E-state index contributed by atoms with van der Waals surface area (Å²) in [6.45, 7) is 3.03. The summed E-state index contributed by atoms with van der Waals surface area (Å²) >= 11 is 0. The Morgan fingerprint density at radius 3 is 2.87 bits per heavy atom. The standard InChI is InChI=1S/C11H20N2O2/c1-13-7-4-9(8-13)11(10(14)15-2)5-3-6-12-11/h9,12H,3-8H2,1-2H3. The van der Waals surface area contributed by atoms with E-state index in [0.29, 0.717) is 5.92 Å². The SMILES string of the molecule is COC(=O)C1(C2CCN(C)C2)CCCN1. The van der Waals surface area contributed by atoms with Crippen LogP contribution in [0.2, 0.25) is 0 Å². The van der Waals surface area contributed by atoms with Crippen molar-refractivity contribution in [2.24, 2.45) is 5.92 Å². The van der Waals surface area contributed by atoms with Gasteiger partial charge in [-0.05, 0) is 39.4 Å². The van der Waals surface area contributed by atoms with Gasteiger partial charge in [-0.25, -0.2) is 0 Å². The first-order valence-electron chi connectivity index (χ1n) is 5.71. The lowest BCUT2D eigenvalue weighted by atomic mass is 9.82. The fourth-order valence-electron chi connectivity index (χ4n) is 2.98. The maximum Gasteiger partial charge on any atom is 0.326 e. The third kappa shape index (κ3) is 1.76. The molecule has 86 valence electrons. The van der Waals surface area contributed by atoms with Crippen molar-refractivity contribution in [2.45, 2.75) is 24.8 Å². The van der Waals surface area contributed by atoms with Gasteiger partial charge in [0.2, 0.25) is 0 Å². The number of hydrogen-bond acceptors (Lipinski definition) is 4. The number of hydrogen-bond donors (Lipinski definition) is 1. The van der Waals surface area contributed by atoms with Crippen LogP contribution in [0.5, 0.6) is 0 Å². The van der Waals surface area contributed by atoms with Crippen LogP contribution in [0.3, 0.4) is 0 Å². The number of carbonyl (C=O) groups excluding carboxylic acids is 1. The summed E-state index contributed by atoms with van der Waals surface area (Å²) in [5, 5.41) is 3.38. The van der Waals surface area contributed by atoms with Gasteiger partial charge in [0.25, 0.3) is 0 Å². The van der Waals surface area contributed by atoms with Crippen LogP contribution in [0.4, 0.5) is 0 Å². The van der Waals surface area contributed by atoms with E-state index < -0.39 is 0 Å². The first-order chi connectivity index (χ1) is 7.19. The van der Waals surface area contributed by atoms with Crippen LogP contribution in [-0.4, -0.2) is 50.2 Å². The Kier molecular flexibility index (Phi) is 2.98. The van der Waals surface area contributed by atoms with E-state index in [-0.39, 0.29) is 11.5 Å². The number of likely N-dealkylation sites (tertiary alicyclic amines) is 1. The van der Waals surface area contributed by atoms with Crippen molar-refractivity contribution in [3.63, 3.8) is 0 Å². The summed E-state index contributed by atoms with van der Waals surface area (Å²) < 4.78 is 4.97. The molecule has 0 bridgehead atoms. The first kappa shape index (κ1) is 10.9. The molecule has 2 aliphatic rings. The van der Waals surface area contributed by atoms with Crippen LogP contribution in [0, 0.1) is 5.92 Å². The van der Waals surface area contributed by atoms with Crippen LogP contribution in [0.1, 0.15) is 19.3 Å². The van der Waals surface area contributed by atoms with Gasteiger partial charge < -0.3 is 15.0 Å². The minimum Gasteiger partial charge on any atom is -0.468 e. The molecular formula is C11H20N2O2. The van der Waals surface area contributed by atoms with Crippen molar-refractivity contribution < 1.29 is 9.53 Å². The molecule has 2 aliphatic heterocycles. The Bertz CT molecular complexity index is 249. The molecule has 2 rings (SSSR count). The highest BCUT2D eigenvalue weighted by atomic mass is 16.5. The largest absolute Gasteiger partial charge is 0.468 e. The van der Waals surface area contributed by atoms with Crippen LogP contribution in [-0.2, 0) is 9.53 Å². The highest BCUT2D eigenvalue weighted by Gasteiger charge is 2.50. The topological polar surface area (TPSA) is 41.6 Å². The Labute approximate surface area is 91.0 Å². The van der Waals surface area contributed by atoms with E-state index in [1.807, 2.05) is 0 Å². The lowest BCUT2D eigenvalue weighted by Gasteiger charge is -2.32. The maximum absolute atomic E-state index is 11.9. The number of nitrogens with zero attached hydrogens (tertiary/aromatic N) is 1. The number of ether oxygens (including phenoxy) is 1. The molecule has 0 amide bonds. The predicted molar refractivity (Wildman–Crippen MR) is 57.6 cm³/mol. The molecule has 0 aliphatic carbocycles. The second-order valence-corrected chi connectivity index (χ2v) is 4.74. The van der Waals surface area contributed by atoms with Gasteiger partial charge in [-0.15, -0.1) is 0 Å². The van der Waals surface area contributed by atoms with Gasteiger partial charge >= 0.3 is 5.97 Å². The highest BCUT2D eigenvalue weighted by Crippen LogP contribution is 2.34. The molecule has 2 heterocycles. The number of nitrogens with one attached hydrogen (secondary N) is 1. The van der Waals surface area contributed by atoms with E-state index in [0.717, 1.165) is 38.9 Å². The average molecular weight is 212 g/mol. The van der Waals surface area contributed by atoms with E-state index in [9.17, 15) is 4.79 Å². The number of methoxy groups -OCH3 is 1. The fraction of sp³-hybridized carbons (Fsp3) is 0.909. The van der Waals surface area contributed by atoms with Gasteiger partial charge in [0.15, 0.2) is 0 Å². The molecule has 4 heteroatoms. The van der Waals surface area contributed by atoms with Crippen molar-refractivity contribution in [1.29, 1.82) is 0 Å². The predicted octanol–water partition coefficient (Wildman–Crippen LogP) is 0.233. The summed E-state index contributed by atoms with van der Waals surface area (Å²) in [6.07, 6.45) is 3.10. The van der Waals surface area contributed by atoms with Gasteiger partial charge in [0, 0.05) is 12.5 Å². The third-order valence-electron chi connectivity index (χ3n) is 3.83. The smallest absolute Gasteiger partial charge is 0.326 e. The Hall–Kier alpha value is -0.610. The molecule has 2 saturated heterocycles. The highest BCUT2D eigenvalue weighted by molar-refractivity contribution is 5.81. The van der Waals surface area contributed by atoms with Crippen molar-refractivity contribution in [1.82, 2.24) is 10.2 Å². The van der Waals surface area contributed by atoms with Gasteiger partial charge in [-0.1, -0.05) is 0 Å². The lowest BCUT2D eigenvalue weighted by molar-refractivity contribution is -0.150. The summed E-state index contributed by atoms with van der Waals surface area (Å²) in [5.74, 6) is 0.345. The van der Waals surface area contributed by atoms with Crippen LogP contribution in [0.15, 0.2) is 0 Å². The number of esters is 1. The average Bonchev–Trinajstić information content (AvgIpc) is 2.85. The van der Waals surface area contributed by atoms with Crippen molar-refractivity contribution >= 4 is 5.97 Å². The van der Waals surface area contributed by atoms with Crippen molar-refractivity contribution in [3.8, 4) is 0 Å². The summed E-state index contributed by atoms with van der Waals surface area (Å²) in [4.78, 5) is 14.2. The Balaban J connectivity index is 2.15. The molecule has 0 aromatic carbocycles. The normalized spacial score (nSPS) is 37.1. The first-order valence-corrected chi connectivity index (χ1v) is 5.71. The molecule has 15 heavy (non-hydrogen) atoms. The van der Waals surface area contributed by atoms with E-state index in [4.69, 9.17) is 4.74 Å². The minimum atomic E-state index is -0.389. The van der Waals surface area contributed by atoms with Gasteiger partial charge in [-0.2, -0.15) is 0 Å². The molecule has 0 radical (unpaired) electrons. The zero-order valence-corrected chi connectivity index (χ0v) is 9.58. The molecule has 2 unspecified atom stereocenters. The molecule has 4 nitrogen and oxygen atoms in total. The molecule has 2 fully saturated rings. The lowest BCUT2D eigenvalue weighted by Crippen LogP contribution is -2.54. The Morgan fingerprint density at radius 1 is 1.60 bits per heavy atom. The quantitative estimate of drug-likeness (QED) is 0.665. The molecular weight excluding hydrogens is 192 g/mol. The summed E-state index contributed by atoms with van der Waals surface area (Å²) in [7, 11) is 3.60. The number of rotatable bonds is 2. The van der Waals surface area contributed by atoms with Crippen molar-refractivity contribution in [2.75, 3.05) is 33.8 Å². The Morgan fingerprint density at radius 2 is 2.40 bits per heavy atom. The van der Waals surface area contributed by atoms with Gasteiger partial charge in [0.05, 0.1) is 7.11 Å². The van der Waals surface area contributed by atoms with Crippen LogP contribution in [0.25, 0.3) is 0 Å². The summed E-state index contributed by atoms with van der Waals surface area (Å²) in [6, 6.07) is 0. The molecule has 0 aromatic rings. The molecule has 0 spiro atoms. The van der Waals surface area contributed by atoms with Crippen LogP contribution >= 0.6 is 0 Å². The molecule has 0 aromatic heterocycles. The van der Waals surface area contributed by atoms with Crippen molar-refractivity contribution in [3.05, 3.63) is 0 Å². The van der Waals surface area contributed by atoms with Gasteiger partial charge in [0.1, 0.15) is 5.54 Å². The molecule has 2 atom stereocenters. The molecule has 0 saturated carbocycles. The monoisotopic (exact) mass is 212 g/mol. The fourth-order valence-corrected chi connectivity index (χ4v) is 2.98. The van der Waals surface area contributed by atoms with E-state index in [1.54, 1.807) is 0 Å². The van der Waals surface area contributed by atoms with Crippen LogP contribution < -0.4 is 5.32 Å². The molecule has 1 N–H and O–H groups in total. The second kappa shape index (κ2) is 4.10. The zero-order valence-electron chi connectivity index (χ0n) is 9.58. The second-order valence-electron chi connectivity index (χ2n) is 4.74. The summed E-state index contributed by atoms with van der Waals surface area (Å²) in [5.41, 5.74) is -0.389. The zero-order chi connectivity index (χ0) is 10.9. The van der Waals surface area contributed by atoms with E-state index in [1.165, 1.54) is 7.11 Å².